The van der Waals surface area contributed by atoms with E-state index in [0.29, 0.717) is 11.3 Å². The molecule has 1 aliphatic carbocycles. The van der Waals surface area contributed by atoms with Gasteiger partial charge >= 0.3 is 0 Å². The van der Waals surface area contributed by atoms with Crippen LogP contribution in [0.15, 0.2) is 59.7 Å². The second-order valence-electron chi connectivity index (χ2n) is 9.08. The summed E-state index contributed by atoms with van der Waals surface area (Å²) in [4.78, 5) is 35.6. The van der Waals surface area contributed by atoms with Gasteiger partial charge in [-0.2, -0.15) is 0 Å². The lowest BCUT2D eigenvalue weighted by atomic mass is 9.77. The highest BCUT2D eigenvalue weighted by molar-refractivity contribution is 7.07. The minimum absolute atomic E-state index is 0.00486. The Kier molecular flexibility index (Phi) is 6.76. The fraction of sp³-hybridized carbons (Fsp3) is 0.360. The Morgan fingerprint density at radius 1 is 1.28 bits per heavy atom. The predicted molar refractivity (Wildman–Crippen MR) is 131 cm³/mol. The summed E-state index contributed by atoms with van der Waals surface area (Å²) in [6, 6.07) is 9.17. The van der Waals surface area contributed by atoms with Crippen LogP contribution in [0.4, 0.5) is 14.5 Å². The number of pyridine rings is 1. The van der Waals surface area contributed by atoms with Crippen molar-refractivity contribution >= 4 is 40.4 Å². The van der Waals surface area contributed by atoms with Crippen LogP contribution in [-0.4, -0.2) is 51.3 Å². The van der Waals surface area contributed by atoms with Crippen LogP contribution in [-0.2, 0) is 10.4 Å². The SMILES string of the molecule is O=C(N[C@@H]1C[C@@H](Cl)[C@@H](CN2C(=O)[C@](O)(c3cscn3)c3ccccc32)C[C@H]1C(F)F)c1cccnc1. The van der Waals surface area contributed by atoms with Crippen LogP contribution in [0.5, 0.6) is 0 Å². The number of rotatable bonds is 6. The lowest BCUT2D eigenvalue weighted by Gasteiger charge is -2.40. The summed E-state index contributed by atoms with van der Waals surface area (Å²) >= 11 is 7.94. The molecule has 2 aromatic heterocycles. The van der Waals surface area contributed by atoms with Crippen molar-refractivity contribution in [1.29, 1.82) is 0 Å². The summed E-state index contributed by atoms with van der Waals surface area (Å²) in [7, 11) is 0. The van der Waals surface area contributed by atoms with Crippen molar-refractivity contribution in [3.8, 4) is 0 Å². The molecule has 1 saturated carbocycles. The molecule has 0 unspecified atom stereocenters. The summed E-state index contributed by atoms with van der Waals surface area (Å²) in [5, 5.41) is 15.2. The van der Waals surface area contributed by atoms with E-state index in [2.05, 4.69) is 15.3 Å². The number of fused-ring (bicyclic) bond motifs is 1. The number of carbonyl (C=O) groups excluding carboxylic acids is 2. The first-order valence-electron chi connectivity index (χ1n) is 11.5. The molecule has 5 atom stereocenters. The van der Waals surface area contributed by atoms with Crippen LogP contribution < -0.4 is 10.2 Å². The van der Waals surface area contributed by atoms with Gasteiger partial charge in [0.25, 0.3) is 11.8 Å². The first kappa shape index (κ1) is 24.7. The van der Waals surface area contributed by atoms with Gasteiger partial charge in [0, 0.05) is 47.2 Å². The van der Waals surface area contributed by atoms with E-state index in [4.69, 9.17) is 11.6 Å². The van der Waals surface area contributed by atoms with Crippen LogP contribution in [0.1, 0.15) is 34.5 Å². The van der Waals surface area contributed by atoms with E-state index in [9.17, 15) is 23.5 Å². The summed E-state index contributed by atoms with van der Waals surface area (Å²) in [5.74, 6) is -2.69. The quantitative estimate of drug-likeness (QED) is 0.471. The number of anilines is 1. The van der Waals surface area contributed by atoms with E-state index < -0.39 is 47.1 Å². The largest absolute Gasteiger partial charge is 0.370 e. The molecular weight excluding hydrogens is 510 g/mol. The van der Waals surface area contributed by atoms with Crippen LogP contribution in [0, 0.1) is 11.8 Å². The number of thiazole rings is 1. The third kappa shape index (κ3) is 4.27. The number of alkyl halides is 3. The molecule has 1 aromatic carbocycles. The van der Waals surface area contributed by atoms with E-state index in [1.807, 2.05) is 0 Å². The van der Waals surface area contributed by atoms with E-state index in [0.717, 1.165) is 0 Å². The molecule has 11 heteroatoms. The Morgan fingerprint density at radius 2 is 2.08 bits per heavy atom. The Morgan fingerprint density at radius 3 is 2.78 bits per heavy atom. The molecule has 0 spiro atoms. The second-order valence-corrected chi connectivity index (χ2v) is 10.4. The molecule has 1 aliphatic heterocycles. The molecule has 188 valence electrons. The Balaban J connectivity index is 1.37. The Hall–Kier alpha value is -2.95. The minimum Gasteiger partial charge on any atom is -0.370 e. The number of nitrogens with one attached hydrogen (secondary N) is 1. The zero-order valence-corrected chi connectivity index (χ0v) is 20.5. The number of hydrogen-bond acceptors (Lipinski definition) is 6. The Labute approximate surface area is 215 Å². The van der Waals surface area contributed by atoms with E-state index in [-0.39, 0.29) is 30.6 Å². The summed E-state index contributed by atoms with van der Waals surface area (Å²) in [6.45, 7) is 0.0585. The van der Waals surface area contributed by atoms with Gasteiger partial charge in [-0.15, -0.1) is 22.9 Å². The number of nitrogens with zero attached hydrogens (tertiary/aromatic N) is 3. The molecule has 0 bridgehead atoms. The minimum atomic E-state index is -2.69. The summed E-state index contributed by atoms with van der Waals surface area (Å²) < 4.78 is 28.3. The molecule has 0 radical (unpaired) electrons. The third-order valence-electron chi connectivity index (χ3n) is 7.01. The van der Waals surface area contributed by atoms with Gasteiger partial charge in [0.2, 0.25) is 12.0 Å². The Bertz CT molecular complexity index is 1250. The summed E-state index contributed by atoms with van der Waals surface area (Å²) in [6.07, 6.45) is 0.324. The third-order valence-corrected chi connectivity index (χ3v) is 8.13. The number of benzene rings is 1. The summed E-state index contributed by atoms with van der Waals surface area (Å²) in [5.41, 5.74) is 0.989. The fourth-order valence-corrected chi connectivity index (χ4v) is 6.11. The van der Waals surface area contributed by atoms with Gasteiger partial charge in [-0.3, -0.25) is 14.6 Å². The number of amides is 2. The number of carbonyl (C=O) groups is 2. The van der Waals surface area contributed by atoms with Crippen molar-refractivity contribution in [2.75, 3.05) is 11.4 Å². The molecule has 2 N–H and O–H groups in total. The maximum absolute atomic E-state index is 14.1. The maximum atomic E-state index is 14.1. The van der Waals surface area contributed by atoms with Crippen molar-refractivity contribution in [3.63, 3.8) is 0 Å². The molecule has 0 saturated heterocycles. The highest BCUT2D eigenvalue weighted by Crippen LogP contribution is 2.46. The van der Waals surface area contributed by atoms with Gasteiger partial charge in [-0.05, 0) is 37.0 Å². The van der Waals surface area contributed by atoms with E-state index >= 15 is 0 Å². The average Bonchev–Trinajstić information content (AvgIpc) is 3.49. The smallest absolute Gasteiger partial charge is 0.270 e. The highest BCUT2D eigenvalue weighted by atomic mass is 35.5. The van der Waals surface area contributed by atoms with Crippen LogP contribution >= 0.6 is 22.9 Å². The van der Waals surface area contributed by atoms with Crippen LogP contribution in [0.2, 0.25) is 0 Å². The first-order valence-corrected chi connectivity index (χ1v) is 12.8. The number of hydrogen-bond donors (Lipinski definition) is 2. The molecule has 3 heterocycles. The topological polar surface area (TPSA) is 95.4 Å². The van der Waals surface area contributed by atoms with Gasteiger partial charge in [0.15, 0.2) is 0 Å². The number of aliphatic hydroxyl groups is 1. The number of para-hydroxylation sites is 1. The van der Waals surface area contributed by atoms with E-state index in [1.54, 1.807) is 41.8 Å². The highest BCUT2D eigenvalue weighted by Gasteiger charge is 2.53. The van der Waals surface area contributed by atoms with Crippen molar-refractivity contribution in [2.45, 2.75) is 36.3 Å². The van der Waals surface area contributed by atoms with Crippen molar-refractivity contribution < 1.29 is 23.5 Å². The van der Waals surface area contributed by atoms with Gasteiger partial charge in [-0.25, -0.2) is 13.8 Å². The standard InChI is InChI=1S/C25H23ClF2N4O3S/c26-18-9-19(31-23(33)14-4-3-7-29-10-14)16(22(27)28)8-15(18)11-32-20-6-2-1-5-17(20)25(35,24(32)34)21-12-36-13-30-21/h1-7,10,12-13,15-16,18-19,22,35H,8-9,11H2,(H,31,33)/t15-,16-,18-,19-,25-/m1/s1. The van der Waals surface area contributed by atoms with Gasteiger partial charge in [0.1, 0.15) is 0 Å². The van der Waals surface area contributed by atoms with Crippen molar-refractivity contribution in [2.24, 2.45) is 11.8 Å². The molecule has 7 nitrogen and oxygen atoms in total. The number of aromatic nitrogens is 2. The molecule has 2 amide bonds. The number of halogens is 3. The lowest BCUT2D eigenvalue weighted by Crippen LogP contribution is -2.52. The van der Waals surface area contributed by atoms with Gasteiger partial charge in [0.05, 0.1) is 22.5 Å². The molecular formula is C25H23ClF2N4O3S. The predicted octanol–water partition coefficient (Wildman–Crippen LogP) is 3.82. The van der Waals surface area contributed by atoms with E-state index in [1.165, 1.54) is 34.1 Å². The molecule has 36 heavy (non-hydrogen) atoms. The van der Waals surface area contributed by atoms with Crippen LogP contribution in [0.3, 0.4) is 0 Å². The van der Waals surface area contributed by atoms with Gasteiger partial charge < -0.3 is 15.3 Å². The van der Waals surface area contributed by atoms with Gasteiger partial charge in [-0.1, -0.05) is 18.2 Å². The first-order chi connectivity index (χ1) is 17.3. The average molecular weight is 533 g/mol. The monoisotopic (exact) mass is 532 g/mol. The molecule has 5 rings (SSSR count). The zero-order valence-electron chi connectivity index (χ0n) is 18.9. The molecule has 3 aromatic rings. The normalized spacial score (nSPS) is 27.8. The molecule has 1 fully saturated rings. The van der Waals surface area contributed by atoms with Crippen LogP contribution in [0.25, 0.3) is 0 Å². The van der Waals surface area contributed by atoms with Crippen molar-refractivity contribution in [3.05, 3.63) is 76.5 Å². The molecule has 2 aliphatic rings. The zero-order chi connectivity index (χ0) is 25.4. The maximum Gasteiger partial charge on any atom is 0.270 e. The second kappa shape index (κ2) is 9.84. The fourth-order valence-electron chi connectivity index (χ4n) is 5.14. The lowest BCUT2D eigenvalue weighted by molar-refractivity contribution is -0.132. The van der Waals surface area contributed by atoms with Crippen molar-refractivity contribution in [1.82, 2.24) is 15.3 Å².